The van der Waals surface area contributed by atoms with Gasteiger partial charge in [-0.15, -0.1) is 0 Å². The second-order valence-corrected chi connectivity index (χ2v) is 7.87. The quantitative estimate of drug-likeness (QED) is 0.226. The molecule has 0 aromatic carbocycles. The average Bonchev–Trinajstić information content (AvgIpc) is 2.80. The number of carboxylic acids is 1. The molecule has 0 saturated heterocycles. The lowest BCUT2D eigenvalue weighted by Crippen LogP contribution is -2.47. The molecule has 3 amide bonds. The Morgan fingerprint density at radius 2 is 1.89 bits per heavy atom. The summed E-state index contributed by atoms with van der Waals surface area (Å²) in [4.78, 5) is 72.0. The molecule has 0 spiro atoms. The Balaban J connectivity index is 2.96. The maximum absolute atomic E-state index is 12.8. The number of anilines is 1. The molecule has 192 valence electrons. The van der Waals surface area contributed by atoms with E-state index in [-0.39, 0.29) is 24.4 Å². The summed E-state index contributed by atoms with van der Waals surface area (Å²) in [6.45, 7) is 4.47. The van der Waals surface area contributed by atoms with E-state index in [0.717, 1.165) is 10.6 Å². The molecule has 0 aliphatic rings. The van der Waals surface area contributed by atoms with Crippen molar-refractivity contribution in [3.05, 3.63) is 40.8 Å². The van der Waals surface area contributed by atoms with Crippen molar-refractivity contribution in [2.75, 3.05) is 12.4 Å². The number of aliphatic carboxylic acids is 1. The minimum atomic E-state index is -1.14. The molecule has 12 nitrogen and oxygen atoms in total. The predicted molar refractivity (Wildman–Crippen MR) is 126 cm³/mol. The van der Waals surface area contributed by atoms with Gasteiger partial charge in [-0.2, -0.15) is 0 Å². The molecule has 0 bridgehead atoms. The second kappa shape index (κ2) is 14.3. The Bertz CT molecular complexity index is 1020. The van der Waals surface area contributed by atoms with E-state index in [0.29, 0.717) is 6.42 Å². The molecule has 1 heterocycles. The molecule has 3 atom stereocenters. The first kappa shape index (κ1) is 29.1. The van der Waals surface area contributed by atoms with Gasteiger partial charge in [-0.05, 0) is 30.9 Å². The molecule has 12 heteroatoms. The minimum absolute atomic E-state index is 0.100. The van der Waals surface area contributed by atoms with Gasteiger partial charge in [0.15, 0.2) is 0 Å². The van der Waals surface area contributed by atoms with Crippen LogP contribution in [-0.4, -0.2) is 58.5 Å². The Hall–Kier alpha value is -3.96. The second-order valence-electron chi connectivity index (χ2n) is 7.87. The van der Waals surface area contributed by atoms with Crippen molar-refractivity contribution in [3.8, 4) is 0 Å². The molecular formula is C23H32N4O8. The number of amides is 3. The number of ether oxygens (including phenoxy) is 1. The third kappa shape index (κ3) is 9.82. The van der Waals surface area contributed by atoms with Gasteiger partial charge in [0.1, 0.15) is 24.3 Å². The van der Waals surface area contributed by atoms with Crippen LogP contribution in [0.15, 0.2) is 35.3 Å². The molecule has 0 saturated carbocycles. The number of carboxylic acid groups (broad SMARTS) is 1. The Morgan fingerprint density at radius 1 is 1.20 bits per heavy atom. The number of hydrogen-bond acceptors (Lipinski definition) is 7. The van der Waals surface area contributed by atoms with Gasteiger partial charge in [0.25, 0.3) is 5.56 Å². The molecule has 4 N–H and O–H groups in total. The summed E-state index contributed by atoms with van der Waals surface area (Å²) in [5.41, 5.74) is -0.783. The zero-order valence-electron chi connectivity index (χ0n) is 20.2. The van der Waals surface area contributed by atoms with Crippen molar-refractivity contribution in [2.24, 2.45) is 5.92 Å². The van der Waals surface area contributed by atoms with Crippen molar-refractivity contribution in [3.63, 3.8) is 0 Å². The van der Waals surface area contributed by atoms with Crippen LogP contribution < -0.4 is 21.5 Å². The summed E-state index contributed by atoms with van der Waals surface area (Å²) in [6, 6.07) is 0.920. The monoisotopic (exact) mass is 492 g/mol. The fraction of sp³-hybridized carbons (Fsp3) is 0.478. The number of nitrogens with zero attached hydrogens (tertiary/aromatic N) is 1. The van der Waals surface area contributed by atoms with Crippen LogP contribution in [0.1, 0.15) is 40.0 Å². The van der Waals surface area contributed by atoms with E-state index in [1.54, 1.807) is 6.92 Å². The van der Waals surface area contributed by atoms with E-state index < -0.39 is 53.8 Å². The fourth-order valence-electron chi connectivity index (χ4n) is 3.11. The summed E-state index contributed by atoms with van der Waals surface area (Å²) in [5.74, 6) is -3.66. The van der Waals surface area contributed by atoms with E-state index in [4.69, 9.17) is 9.84 Å². The Morgan fingerprint density at radius 3 is 2.46 bits per heavy atom. The van der Waals surface area contributed by atoms with Crippen LogP contribution in [0.3, 0.4) is 0 Å². The van der Waals surface area contributed by atoms with Gasteiger partial charge >= 0.3 is 11.9 Å². The topological polar surface area (TPSA) is 173 Å². The van der Waals surface area contributed by atoms with E-state index >= 15 is 0 Å². The average molecular weight is 493 g/mol. The van der Waals surface area contributed by atoms with Crippen molar-refractivity contribution in [2.45, 2.75) is 58.7 Å². The van der Waals surface area contributed by atoms with Crippen LogP contribution in [0.4, 0.5) is 5.69 Å². The molecule has 1 aromatic rings. The first-order valence-corrected chi connectivity index (χ1v) is 11.0. The summed E-state index contributed by atoms with van der Waals surface area (Å²) in [6.07, 6.45) is 4.54. The lowest BCUT2D eigenvalue weighted by molar-refractivity contribution is -0.146. The fourth-order valence-corrected chi connectivity index (χ4v) is 3.11. The summed E-state index contributed by atoms with van der Waals surface area (Å²) in [7, 11) is 1.22. The van der Waals surface area contributed by atoms with Crippen molar-refractivity contribution in [1.82, 2.24) is 15.2 Å². The van der Waals surface area contributed by atoms with Crippen LogP contribution >= 0.6 is 0 Å². The zero-order chi connectivity index (χ0) is 26.5. The standard InChI is InChI=1S/C23H32N4O8/c1-5-14(2)20(23(34)35-4)26-18(29)13-27-12-8-10-17(22(27)33)25-21(32)16(24-15(3)28)9-6-7-11-19(30)31/h7-8,10-12,14,16,20H,5-6,9,13H2,1-4H3,(H,24,28)(H,25,32)(H,26,29)(H,30,31)/t14-,16?,20+/m1/s1. The summed E-state index contributed by atoms with van der Waals surface area (Å²) in [5, 5.41) is 16.1. The zero-order valence-corrected chi connectivity index (χ0v) is 20.2. The van der Waals surface area contributed by atoms with Crippen molar-refractivity contribution >= 4 is 35.3 Å². The summed E-state index contributed by atoms with van der Waals surface area (Å²) >= 11 is 0. The number of methoxy groups -OCH3 is 1. The molecular weight excluding hydrogens is 460 g/mol. The first-order chi connectivity index (χ1) is 16.5. The summed E-state index contributed by atoms with van der Waals surface area (Å²) < 4.78 is 5.81. The molecule has 0 radical (unpaired) electrons. The number of carbonyl (C=O) groups is 5. The highest BCUT2D eigenvalue weighted by atomic mass is 16.5. The molecule has 0 aliphatic carbocycles. The maximum atomic E-state index is 12.8. The number of esters is 1. The van der Waals surface area contributed by atoms with Gasteiger partial charge in [0, 0.05) is 19.2 Å². The van der Waals surface area contributed by atoms with Crippen LogP contribution in [0, 0.1) is 5.92 Å². The third-order valence-electron chi connectivity index (χ3n) is 5.15. The molecule has 1 unspecified atom stereocenters. The first-order valence-electron chi connectivity index (χ1n) is 11.0. The molecule has 35 heavy (non-hydrogen) atoms. The molecule has 1 aromatic heterocycles. The van der Waals surface area contributed by atoms with Gasteiger partial charge in [0.05, 0.1) is 7.11 Å². The normalized spacial score (nSPS) is 13.4. The number of allylic oxidation sites excluding steroid dienone is 1. The third-order valence-corrected chi connectivity index (χ3v) is 5.15. The molecule has 0 aliphatic heterocycles. The number of pyridine rings is 1. The number of carbonyl (C=O) groups excluding carboxylic acids is 4. The van der Waals surface area contributed by atoms with Crippen molar-refractivity contribution in [1.29, 1.82) is 0 Å². The Kier molecular flexibility index (Phi) is 11.9. The van der Waals surface area contributed by atoms with Gasteiger partial charge in [-0.25, -0.2) is 9.59 Å². The van der Waals surface area contributed by atoms with Crippen LogP contribution in [0.2, 0.25) is 0 Å². The van der Waals surface area contributed by atoms with Crippen LogP contribution in [-0.2, 0) is 35.3 Å². The minimum Gasteiger partial charge on any atom is -0.478 e. The van der Waals surface area contributed by atoms with Crippen LogP contribution in [0.25, 0.3) is 0 Å². The van der Waals surface area contributed by atoms with Gasteiger partial charge in [-0.1, -0.05) is 26.3 Å². The Labute approximate surface area is 202 Å². The SMILES string of the molecule is CC[C@@H](C)[C@H](NC(=O)Cn1cccc(NC(=O)C(CCC=CC(=O)O)NC(C)=O)c1=O)C(=O)OC. The van der Waals surface area contributed by atoms with Crippen LogP contribution in [0.5, 0.6) is 0 Å². The van der Waals surface area contributed by atoms with Crippen molar-refractivity contribution < 1.29 is 33.8 Å². The number of nitrogens with one attached hydrogen (secondary N) is 3. The number of rotatable bonds is 13. The van der Waals surface area contributed by atoms with E-state index in [2.05, 4.69) is 16.0 Å². The van der Waals surface area contributed by atoms with E-state index in [1.165, 1.54) is 38.4 Å². The number of hydrogen-bond donors (Lipinski definition) is 4. The van der Waals surface area contributed by atoms with E-state index in [1.807, 2.05) is 6.92 Å². The highest BCUT2D eigenvalue weighted by Gasteiger charge is 2.27. The highest BCUT2D eigenvalue weighted by molar-refractivity contribution is 5.96. The number of aromatic nitrogens is 1. The van der Waals surface area contributed by atoms with Gasteiger partial charge in [-0.3, -0.25) is 19.2 Å². The smallest absolute Gasteiger partial charge is 0.328 e. The maximum Gasteiger partial charge on any atom is 0.328 e. The lowest BCUT2D eigenvalue weighted by atomic mass is 9.99. The van der Waals surface area contributed by atoms with Gasteiger partial charge in [0.2, 0.25) is 17.7 Å². The molecule has 1 rings (SSSR count). The largest absolute Gasteiger partial charge is 0.478 e. The highest BCUT2D eigenvalue weighted by Crippen LogP contribution is 2.10. The molecule has 0 fully saturated rings. The lowest BCUT2D eigenvalue weighted by Gasteiger charge is -2.22. The predicted octanol–water partition coefficient (Wildman–Crippen LogP) is 0.416. The van der Waals surface area contributed by atoms with Gasteiger partial charge < -0.3 is 30.4 Å². The van der Waals surface area contributed by atoms with E-state index in [9.17, 15) is 28.8 Å².